The summed E-state index contributed by atoms with van der Waals surface area (Å²) in [5, 5.41) is 17.5. The van der Waals surface area contributed by atoms with Gasteiger partial charge in [-0.2, -0.15) is 8.78 Å². The number of tetrazole rings is 1. The summed E-state index contributed by atoms with van der Waals surface area (Å²) in [6.45, 7) is -3.28. The molecule has 0 aromatic carbocycles. The Morgan fingerprint density at radius 3 is 2.60 bits per heavy atom. The maximum Gasteiger partial charge on any atom is 0.350 e. The van der Waals surface area contributed by atoms with E-state index in [-0.39, 0.29) is 10.6 Å². The monoisotopic (exact) mass is 150 g/mol. The molecule has 1 N–H and O–H groups in total. The molecule has 0 saturated heterocycles. The van der Waals surface area contributed by atoms with Gasteiger partial charge in [-0.3, -0.25) is 0 Å². The molecule has 0 bridgehead atoms. The summed E-state index contributed by atoms with van der Waals surface area (Å²) < 4.78 is 23.3. The lowest BCUT2D eigenvalue weighted by Crippen LogP contribution is -2.02. The Labute approximate surface area is 54.3 Å². The minimum absolute atomic E-state index is 0.111. The lowest BCUT2D eigenvalue weighted by Gasteiger charge is -1.90. The van der Waals surface area contributed by atoms with Gasteiger partial charge in [0.2, 0.25) is 0 Å². The number of halogens is 2. The molecule has 0 unspecified atom stereocenters. The first-order valence-corrected chi connectivity index (χ1v) is 2.41. The Hall–Kier alpha value is -1.11. The number of alkyl halides is 2. The molecule has 0 fully saturated rings. The van der Waals surface area contributed by atoms with Crippen molar-refractivity contribution in [2.75, 3.05) is 0 Å². The molecule has 0 radical (unpaired) electrons. The molecule has 7 heteroatoms. The average Bonchev–Trinajstić information content (AvgIpc) is 2.34. The summed E-state index contributed by atoms with van der Waals surface area (Å²) in [5.74, 6) is -0.111. The smallest absolute Gasteiger partial charge is 0.350 e. The van der Waals surface area contributed by atoms with Crippen molar-refractivity contribution in [2.24, 2.45) is 0 Å². The molecule has 0 amide bonds. The number of aliphatic hydroxyl groups excluding tert-OH is 1. The molecule has 0 aliphatic heterocycles. The Bertz CT molecular complexity index is 212. The highest BCUT2D eigenvalue weighted by molar-refractivity contribution is 4.70. The zero-order chi connectivity index (χ0) is 7.56. The van der Waals surface area contributed by atoms with Gasteiger partial charge in [-0.05, 0) is 5.21 Å². The summed E-state index contributed by atoms with van der Waals surface area (Å²) in [4.78, 5) is 0.131. The number of aromatic nitrogens is 4. The molecular formula is C3H4F2N4O. The fourth-order valence-electron chi connectivity index (χ4n) is 0.402. The van der Waals surface area contributed by atoms with Crippen LogP contribution in [-0.2, 0) is 6.61 Å². The van der Waals surface area contributed by atoms with Crippen LogP contribution in [-0.4, -0.2) is 25.3 Å². The Morgan fingerprint density at radius 2 is 2.30 bits per heavy atom. The largest absolute Gasteiger partial charge is 0.388 e. The molecule has 10 heavy (non-hydrogen) atoms. The van der Waals surface area contributed by atoms with Crippen molar-refractivity contribution in [2.45, 2.75) is 13.2 Å². The van der Waals surface area contributed by atoms with E-state index >= 15 is 0 Å². The molecule has 1 heterocycles. The highest BCUT2D eigenvalue weighted by atomic mass is 19.3. The Morgan fingerprint density at radius 1 is 1.60 bits per heavy atom. The third-order valence-corrected chi connectivity index (χ3v) is 0.786. The molecule has 56 valence electrons. The molecule has 5 nitrogen and oxygen atoms in total. The fourth-order valence-corrected chi connectivity index (χ4v) is 0.402. The topological polar surface area (TPSA) is 63.8 Å². The van der Waals surface area contributed by atoms with E-state index in [1.807, 2.05) is 0 Å². The first-order chi connectivity index (χ1) is 4.74. The van der Waals surface area contributed by atoms with Crippen molar-refractivity contribution < 1.29 is 13.9 Å². The van der Waals surface area contributed by atoms with Gasteiger partial charge in [0, 0.05) is 0 Å². The lowest BCUT2D eigenvalue weighted by atomic mass is 10.7. The van der Waals surface area contributed by atoms with Crippen LogP contribution in [0.15, 0.2) is 0 Å². The highest BCUT2D eigenvalue weighted by Gasteiger charge is 2.09. The minimum atomic E-state index is -2.80. The molecule has 0 spiro atoms. The third-order valence-electron chi connectivity index (χ3n) is 0.786. The molecule has 1 aromatic heterocycles. The number of rotatable bonds is 2. The second kappa shape index (κ2) is 2.65. The van der Waals surface area contributed by atoms with Crippen LogP contribution in [0, 0.1) is 0 Å². The van der Waals surface area contributed by atoms with Crippen molar-refractivity contribution in [3.05, 3.63) is 5.82 Å². The van der Waals surface area contributed by atoms with Gasteiger partial charge >= 0.3 is 6.55 Å². The van der Waals surface area contributed by atoms with E-state index in [4.69, 9.17) is 5.11 Å². The van der Waals surface area contributed by atoms with Crippen LogP contribution in [0.25, 0.3) is 0 Å². The summed E-state index contributed by atoms with van der Waals surface area (Å²) in [7, 11) is 0. The van der Waals surface area contributed by atoms with Crippen molar-refractivity contribution in [3.8, 4) is 0 Å². The van der Waals surface area contributed by atoms with E-state index < -0.39 is 13.2 Å². The van der Waals surface area contributed by atoms with E-state index in [9.17, 15) is 8.78 Å². The van der Waals surface area contributed by atoms with Gasteiger partial charge in [0.15, 0.2) is 5.82 Å². The van der Waals surface area contributed by atoms with Gasteiger partial charge in [-0.15, -0.1) is 10.2 Å². The van der Waals surface area contributed by atoms with Crippen LogP contribution in [0.4, 0.5) is 8.78 Å². The lowest BCUT2D eigenvalue weighted by molar-refractivity contribution is 0.0391. The van der Waals surface area contributed by atoms with Crippen molar-refractivity contribution >= 4 is 0 Å². The third kappa shape index (κ3) is 1.24. The van der Waals surface area contributed by atoms with Gasteiger partial charge in [0.1, 0.15) is 6.61 Å². The molecule has 0 aliphatic carbocycles. The van der Waals surface area contributed by atoms with Crippen molar-refractivity contribution in [1.82, 2.24) is 20.2 Å². The van der Waals surface area contributed by atoms with Crippen molar-refractivity contribution in [1.29, 1.82) is 0 Å². The highest BCUT2D eigenvalue weighted by Crippen LogP contribution is 2.03. The molecule has 0 aliphatic rings. The molecule has 0 atom stereocenters. The zero-order valence-electron chi connectivity index (χ0n) is 4.78. The number of hydrogen-bond donors (Lipinski definition) is 1. The molecule has 1 aromatic rings. The van der Waals surface area contributed by atoms with Gasteiger partial charge < -0.3 is 5.11 Å². The van der Waals surface area contributed by atoms with E-state index in [1.165, 1.54) is 0 Å². The second-order valence-electron chi connectivity index (χ2n) is 1.46. The second-order valence-corrected chi connectivity index (χ2v) is 1.46. The van der Waals surface area contributed by atoms with Crippen LogP contribution in [0.3, 0.4) is 0 Å². The van der Waals surface area contributed by atoms with Crippen LogP contribution < -0.4 is 0 Å². The minimum Gasteiger partial charge on any atom is -0.388 e. The Kier molecular flexibility index (Phi) is 1.86. The average molecular weight is 150 g/mol. The van der Waals surface area contributed by atoms with Gasteiger partial charge in [-0.25, -0.2) is 0 Å². The van der Waals surface area contributed by atoms with Crippen LogP contribution in [0.5, 0.6) is 0 Å². The first-order valence-electron chi connectivity index (χ1n) is 2.41. The fraction of sp³-hybridized carbons (Fsp3) is 0.667. The van der Waals surface area contributed by atoms with Gasteiger partial charge in [0.25, 0.3) is 0 Å². The van der Waals surface area contributed by atoms with Crippen LogP contribution in [0.2, 0.25) is 0 Å². The predicted molar refractivity (Wildman–Crippen MR) is 25.0 cm³/mol. The number of nitrogens with zero attached hydrogens (tertiary/aromatic N) is 4. The van der Waals surface area contributed by atoms with E-state index in [1.54, 1.807) is 0 Å². The maximum atomic E-state index is 11.6. The summed E-state index contributed by atoms with van der Waals surface area (Å²) in [5.41, 5.74) is 0. The van der Waals surface area contributed by atoms with E-state index in [2.05, 4.69) is 15.4 Å². The van der Waals surface area contributed by atoms with Crippen LogP contribution in [0.1, 0.15) is 12.4 Å². The molecular weight excluding hydrogens is 146 g/mol. The Balaban J connectivity index is 2.78. The normalized spacial score (nSPS) is 10.8. The van der Waals surface area contributed by atoms with E-state index in [0.717, 1.165) is 0 Å². The number of aliphatic hydroxyl groups is 1. The molecule has 0 saturated carbocycles. The van der Waals surface area contributed by atoms with E-state index in [0.29, 0.717) is 0 Å². The standard InChI is InChI=1S/C3H4F2N4O/c4-3(5)9-7-2(1-10)6-8-9/h3,10H,1H2. The van der Waals surface area contributed by atoms with Crippen molar-refractivity contribution in [3.63, 3.8) is 0 Å². The van der Waals surface area contributed by atoms with Crippen LogP contribution >= 0.6 is 0 Å². The summed E-state index contributed by atoms with van der Waals surface area (Å²) >= 11 is 0. The van der Waals surface area contributed by atoms with Gasteiger partial charge in [-0.1, -0.05) is 4.80 Å². The maximum absolute atomic E-state index is 11.6. The number of hydrogen-bond acceptors (Lipinski definition) is 4. The molecule has 1 rings (SSSR count). The quantitative estimate of drug-likeness (QED) is 0.620. The predicted octanol–water partition coefficient (Wildman–Crippen LogP) is -0.440. The summed E-state index contributed by atoms with van der Waals surface area (Å²) in [6.07, 6.45) is 0. The SMILES string of the molecule is OCc1nnn(C(F)F)n1. The first kappa shape index (κ1) is 7.00. The summed E-state index contributed by atoms with van der Waals surface area (Å²) in [6, 6.07) is 0. The zero-order valence-corrected chi connectivity index (χ0v) is 4.78. The van der Waals surface area contributed by atoms with Gasteiger partial charge in [0.05, 0.1) is 0 Å².